The molecule has 6 heteroatoms. The first-order chi connectivity index (χ1) is 10.1. The summed E-state index contributed by atoms with van der Waals surface area (Å²) in [7, 11) is 0. The molecular weight excluding hydrogens is 311 g/mol. The van der Waals surface area contributed by atoms with Crippen molar-refractivity contribution in [1.29, 1.82) is 0 Å². The van der Waals surface area contributed by atoms with Gasteiger partial charge in [0.05, 0.1) is 15.7 Å². The van der Waals surface area contributed by atoms with Gasteiger partial charge in [-0.1, -0.05) is 41.4 Å². The van der Waals surface area contributed by atoms with Crippen LogP contribution in [0.25, 0.3) is 0 Å². The highest BCUT2D eigenvalue weighted by atomic mass is 35.5. The summed E-state index contributed by atoms with van der Waals surface area (Å²) in [4.78, 5) is 11.9. The number of hydrogen-bond donors (Lipinski definition) is 3. The molecule has 0 saturated heterocycles. The van der Waals surface area contributed by atoms with Crippen molar-refractivity contribution >= 4 is 40.6 Å². The Morgan fingerprint density at radius 1 is 1.05 bits per heavy atom. The zero-order chi connectivity index (χ0) is 15.2. The van der Waals surface area contributed by atoms with Crippen LogP contribution in [0.4, 0.5) is 16.2 Å². The Morgan fingerprint density at radius 3 is 2.43 bits per heavy atom. The Morgan fingerprint density at radius 2 is 1.76 bits per heavy atom. The average molecular weight is 325 g/mol. The molecule has 0 aromatic heterocycles. The maximum absolute atomic E-state index is 11.9. The van der Waals surface area contributed by atoms with Crippen molar-refractivity contribution in [1.82, 2.24) is 0 Å². The van der Waals surface area contributed by atoms with Crippen molar-refractivity contribution in [2.75, 3.05) is 17.2 Å². The predicted molar refractivity (Wildman–Crippen MR) is 86.3 cm³/mol. The molecule has 0 fully saturated rings. The fourth-order valence-corrected chi connectivity index (χ4v) is 2.12. The van der Waals surface area contributed by atoms with Crippen LogP contribution in [0, 0.1) is 0 Å². The molecule has 0 heterocycles. The van der Waals surface area contributed by atoms with Crippen LogP contribution in [0.15, 0.2) is 42.5 Å². The van der Waals surface area contributed by atoms with Gasteiger partial charge in [-0.3, -0.25) is 0 Å². The minimum absolute atomic E-state index is 0.0977. The van der Waals surface area contributed by atoms with Crippen molar-refractivity contribution in [3.8, 4) is 0 Å². The third kappa shape index (κ3) is 4.36. The van der Waals surface area contributed by atoms with Crippen molar-refractivity contribution in [3.05, 3.63) is 58.1 Å². The van der Waals surface area contributed by atoms with E-state index in [9.17, 15) is 4.79 Å². The molecule has 2 amide bonds. The predicted octanol–water partition coefficient (Wildman–Crippen LogP) is 4.17. The molecule has 0 atom stereocenters. The van der Waals surface area contributed by atoms with E-state index >= 15 is 0 Å². The van der Waals surface area contributed by atoms with E-state index in [1.54, 1.807) is 30.3 Å². The largest absolute Gasteiger partial charge is 0.396 e. The van der Waals surface area contributed by atoms with Gasteiger partial charge in [0.15, 0.2) is 0 Å². The van der Waals surface area contributed by atoms with Crippen LogP contribution in [-0.2, 0) is 6.42 Å². The van der Waals surface area contributed by atoms with Gasteiger partial charge in [0, 0.05) is 12.3 Å². The highest BCUT2D eigenvalue weighted by molar-refractivity contribution is 6.44. The first-order valence-corrected chi connectivity index (χ1v) is 7.07. The smallest absolute Gasteiger partial charge is 0.323 e. The fraction of sp³-hybridized carbons (Fsp3) is 0.133. The molecule has 110 valence electrons. The molecule has 0 spiro atoms. The van der Waals surface area contributed by atoms with Gasteiger partial charge in [0.1, 0.15) is 0 Å². The summed E-state index contributed by atoms with van der Waals surface area (Å²) in [6, 6.07) is 11.8. The van der Waals surface area contributed by atoms with Crippen LogP contribution >= 0.6 is 23.2 Å². The topological polar surface area (TPSA) is 61.4 Å². The fourth-order valence-electron chi connectivity index (χ4n) is 1.77. The van der Waals surface area contributed by atoms with Gasteiger partial charge in [-0.2, -0.15) is 0 Å². The van der Waals surface area contributed by atoms with Crippen molar-refractivity contribution in [2.24, 2.45) is 0 Å². The number of amides is 2. The highest BCUT2D eigenvalue weighted by Crippen LogP contribution is 2.29. The van der Waals surface area contributed by atoms with Crippen LogP contribution < -0.4 is 10.6 Å². The summed E-state index contributed by atoms with van der Waals surface area (Å²) in [6.07, 6.45) is 0.588. The molecule has 3 N–H and O–H groups in total. The molecule has 21 heavy (non-hydrogen) atoms. The third-order valence-electron chi connectivity index (χ3n) is 2.81. The summed E-state index contributed by atoms with van der Waals surface area (Å²) in [5, 5.41) is 14.8. The van der Waals surface area contributed by atoms with Crippen LogP contribution in [0.1, 0.15) is 5.56 Å². The summed E-state index contributed by atoms with van der Waals surface area (Å²) in [6.45, 7) is 0.0977. The lowest BCUT2D eigenvalue weighted by Crippen LogP contribution is -2.19. The zero-order valence-electron chi connectivity index (χ0n) is 11.1. The number of halogens is 2. The van der Waals surface area contributed by atoms with Crippen LogP contribution in [-0.4, -0.2) is 17.7 Å². The molecule has 4 nitrogen and oxygen atoms in total. The van der Waals surface area contributed by atoms with Crippen LogP contribution in [0.2, 0.25) is 10.0 Å². The summed E-state index contributed by atoms with van der Waals surface area (Å²) in [5.41, 5.74) is 2.09. The molecule has 0 bridgehead atoms. The molecule has 0 aliphatic rings. The number of aliphatic hydroxyl groups excluding tert-OH is 1. The number of hydrogen-bond acceptors (Lipinski definition) is 2. The number of rotatable bonds is 4. The standard InChI is InChI=1S/C15H14Cl2N2O2/c16-12-2-1-3-13(14(12)17)19-15(21)18-11-6-4-10(5-7-11)8-9-20/h1-7,20H,8-9H2,(H2,18,19,21). The van der Waals surface area contributed by atoms with Gasteiger partial charge in [-0.25, -0.2) is 4.79 Å². The molecule has 0 unspecified atom stereocenters. The lowest BCUT2D eigenvalue weighted by atomic mass is 10.1. The average Bonchev–Trinajstić information content (AvgIpc) is 2.46. The monoisotopic (exact) mass is 324 g/mol. The van der Waals surface area contributed by atoms with E-state index in [1.165, 1.54) is 0 Å². The number of carbonyl (C=O) groups is 1. The van der Waals surface area contributed by atoms with E-state index in [0.29, 0.717) is 27.8 Å². The van der Waals surface area contributed by atoms with E-state index in [1.807, 2.05) is 12.1 Å². The Labute approximate surface area is 132 Å². The maximum atomic E-state index is 11.9. The molecule has 0 aliphatic carbocycles. The minimum Gasteiger partial charge on any atom is -0.396 e. The van der Waals surface area contributed by atoms with Gasteiger partial charge < -0.3 is 15.7 Å². The number of carbonyl (C=O) groups excluding carboxylic acids is 1. The van der Waals surface area contributed by atoms with Crippen LogP contribution in [0.3, 0.4) is 0 Å². The van der Waals surface area contributed by atoms with E-state index in [0.717, 1.165) is 5.56 Å². The first-order valence-electron chi connectivity index (χ1n) is 6.32. The molecule has 0 aliphatic heterocycles. The third-order valence-corrected chi connectivity index (χ3v) is 3.63. The molecule has 2 aromatic carbocycles. The van der Waals surface area contributed by atoms with Gasteiger partial charge in [-0.05, 0) is 36.2 Å². The quantitative estimate of drug-likeness (QED) is 0.790. The van der Waals surface area contributed by atoms with Crippen molar-refractivity contribution in [2.45, 2.75) is 6.42 Å². The SMILES string of the molecule is O=C(Nc1ccc(CCO)cc1)Nc1cccc(Cl)c1Cl. The molecule has 0 saturated carbocycles. The van der Waals surface area contributed by atoms with Crippen LogP contribution in [0.5, 0.6) is 0 Å². The Hall–Kier alpha value is -1.75. The minimum atomic E-state index is -0.408. The normalized spacial score (nSPS) is 10.2. The van der Waals surface area contributed by atoms with Gasteiger partial charge in [0.25, 0.3) is 0 Å². The first kappa shape index (κ1) is 15.6. The molecular formula is C15H14Cl2N2O2. The highest BCUT2D eigenvalue weighted by Gasteiger charge is 2.08. The second-order valence-electron chi connectivity index (χ2n) is 4.35. The van der Waals surface area contributed by atoms with Gasteiger partial charge in [-0.15, -0.1) is 0 Å². The van der Waals surface area contributed by atoms with E-state index in [4.69, 9.17) is 28.3 Å². The summed E-state index contributed by atoms with van der Waals surface area (Å²) < 4.78 is 0. The lowest BCUT2D eigenvalue weighted by molar-refractivity contribution is 0.262. The lowest BCUT2D eigenvalue weighted by Gasteiger charge is -2.10. The number of aliphatic hydroxyl groups is 1. The van der Waals surface area contributed by atoms with E-state index in [-0.39, 0.29) is 6.61 Å². The Balaban J connectivity index is 1.99. The van der Waals surface area contributed by atoms with Crippen molar-refractivity contribution < 1.29 is 9.90 Å². The number of anilines is 2. The van der Waals surface area contributed by atoms with Gasteiger partial charge in [0.2, 0.25) is 0 Å². The number of urea groups is 1. The molecule has 0 radical (unpaired) electrons. The molecule has 2 rings (SSSR count). The zero-order valence-corrected chi connectivity index (χ0v) is 12.6. The Bertz CT molecular complexity index is 630. The van der Waals surface area contributed by atoms with E-state index in [2.05, 4.69) is 10.6 Å². The van der Waals surface area contributed by atoms with Crippen molar-refractivity contribution in [3.63, 3.8) is 0 Å². The number of benzene rings is 2. The Kier molecular flexibility index (Phi) is 5.44. The van der Waals surface area contributed by atoms with E-state index < -0.39 is 6.03 Å². The second kappa shape index (κ2) is 7.31. The summed E-state index contributed by atoms with van der Waals surface area (Å²) >= 11 is 11.9. The summed E-state index contributed by atoms with van der Waals surface area (Å²) in [5.74, 6) is 0. The second-order valence-corrected chi connectivity index (χ2v) is 5.14. The molecule has 2 aromatic rings. The number of nitrogens with one attached hydrogen (secondary N) is 2. The maximum Gasteiger partial charge on any atom is 0.323 e. The van der Waals surface area contributed by atoms with Gasteiger partial charge >= 0.3 is 6.03 Å².